The van der Waals surface area contributed by atoms with Gasteiger partial charge in [-0.25, -0.2) is 4.39 Å². The van der Waals surface area contributed by atoms with Gasteiger partial charge in [0, 0.05) is 16.1 Å². The maximum absolute atomic E-state index is 14.2. The van der Waals surface area contributed by atoms with Crippen molar-refractivity contribution < 1.29 is 4.39 Å². The second-order valence-corrected chi connectivity index (χ2v) is 7.54. The average molecular weight is 356 g/mol. The SMILES string of the molecule is CCNC(c1cc(Br)ccc1F)C1CCC(C(C)C)CC1. The Morgan fingerprint density at radius 1 is 1.19 bits per heavy atom. The third-order valence-corrected chi connectivity index (χ3v) is 5.44. The molecule has 1 N–H and O–H groups in total. The zero-order valence-electron chi connectivity index (χ0n) is 13.3. The number of hydrogen-bond donors (Lipinski definition) is 1. The van der Waals surface area contributed by atoms with Gasteiger partial charge in [0.15, 0.2) is 0 Å². The molecule has 3 heteroatoms. The van der Waals surface area contributed by atoms with Crippen molar-refractivity contribution in [3.8, 4) is 0 Å². The highest BCUT2D eigenvalue weighted by atomic mass is 79.9. The van der Waals surface area contributed by atoms with Crippen LogP contribution in [0.2, 0.25) is 0 Å². The van der Waals surface area contributed by atoms with Gasteiger partial charge in [0.05, 0.1) is 0 Å². The van der Waals surface area contributed by atoms with Crippen LogP contribution in [0.1, 0.15) is 58.1 Å². The summed E-state index contributed by atoms with van der Waals surface area (Å²) >= 11 is 3.47. The predicted octanol–water partition coefficient (Wildman–Crippen LogP) is 5.70. The van der Waals surface area contributed by atoms with Crippen LogP contribution in [-0.2, 0) is 0 Å². The Balaban J connectivity index is 2.14. The molecule has 0 spiro atoms. The molecule has 0 aromatic heterocycles. The Labute approximate surface area is 136 Å². The second-order valence-electron chi connectivity index (χ2n) is 6.62. The molecule has 118 valence electrons. The lowest BCUT2D eigenvalue weighted by Gasteiger charge is -2.36. The van der Waals surface area contributed by atoms with Crippen molar-refractivity contribution in [2.45, 2.75) is 52.5 Å². The van der Waals surface area contributed by atoms with Crippen molar-refractivity contribution in [2.75, 3.05) is 6.54 Å². The van der Waals surface area contributed by atoms with E-state index in [0.717, 1.165) is 28.4 Å². The third-order valence-electron chi connectivity index (χ3n) is 4.95. The Morgan fingerprint density at radius 3 is 2.38 bits per heavy atom. The molecule has 1 aliphatic rings. The summed E-state index contributed by atoms with van der Waals surface area (Å²) in [6.07, 6.45) is 4.96. The normalized spacial score (nSPS) is 24.3. The molecule has 0 saturated heterocycles. The molecule has 0 radical (unpaired) electrons. The van der Waals surface area contributed by atoms with E-state index in [1.165, 1.54) is 25.7 Å². The minimum absolute atomic E-state index is 0.0878. The number of halogens is 2. The van der Waals surface area contributed by atoms with Gasteiger partial charge in [0.2, 0.25) is 0 Å². The van der Waals surface area contributed by atoms with Gasteiger partial charge in [-0.2, -0.15) is 0 Å². The molecule has 1 nitrogen and oxygen atoms in total. The van der Waals surface area contributed by atoms with Gasteiger partial charge in [-0.15, -0.1) is 0 Å². The van der Waals surface area contributed by atoms with E-state index < -0.39 is 0 Å². The lowest BCUT2D eigenvalue weighted by molar-refractivity contribution is 0.188. The maximum atomic E-state index is 14.2. The maximum Gasteiger partial charge on any atom is 0.128 e. The first-order valence-electron chi connectivity index (χ1n) is 8.21. The van der Waals surface area contributed by atoms with Crippen LogP contribution in [0.25, 0.3) is 0 Å². The van der Waals surface area contributed by atoms with Crippen molar-refractivity contribution in [3.05, 3.63) is 34.1 Å². The van der Waals surface area contributed by atoms with Gasteiger partial charge >= 0.3 is 0 Å². The van der Waals surface area contributed by atoms with Crippen LogP contribution in [0.5, 0.6) is 0 Å². The molecule has 0 bridgehead atoms. The highest BCUT2D eigenvalue weighted by molar-refractivity contribution is 9.10. The second kappa shape index (κ2) is 7.73. The molecular weight excluding hydrogens is 329 g/mol. The molecule has 0 aliphatic heterocycles. The Hall–Kier alpha value is -0.410. The van der Waals surface area contributed by atoms with E-state index in [1.54, 1.807) is 12.1 Å². The zero-order chi connectivity index (χ0) is 15.4. The van der Waals surface area contributed by atoms with E-state index in [2.05, 4.69) is 42.0 Å². The van der Waals surface area contributed by atoms with Crippen LogP contribution >= 0.6 is 15.9 Å². The predicted molar refractivity (Wildman–Crippen MR) is 90.8 cm³/mol. The molecule has 1 fully saturated rings. The van der Waals surface area contributed by atoms with E-state index in [9.17, 15) is 4.39 Å². The summed E-state index contributed by atoms with van der Waals surface area (Å²) in [5.41, 5.74) is 0.819. The fraction of sp³-hybridized carbons (Fsp3) is 0.667. The fourth-order valence-corrected chi connectivity index (χ4v) is 4.03. The summed E-state index contributed by atoms with van der Waals surface area (Å²) in [7, 11) is 0. The van der Waals surface area contributed by atoms with Gasteiger partial charge in [-0.3, -0.25) is 0 Å². The lowest BCUT2D eigenvalue weighted by atomic mass is 9.73. The number of hydrogen-bond acceptors (Lipinski definition) is 1. The van der Waals surface area contributed by atoms with Crippen LogP contribution in [0, 0.1) is 23.6 Å². The Morgan fingerprint density at radius 2 is 1.81 bits per heavy atom. The van der Waals surface area contributed by atoms with E-state index in [0.29, 0.717) is 5.92 Å². The molecule has 21 heavy (non-hydrogen) atoms. The van der Waals surface area contributed by atoms with Crippen molar-refractivity contribution in [3.63, 3.8) is 0 Å². The van der Waals surface area contributed by atoms with Gasteiger partial charge in [0.25, 0.3) is 0 Å². The Kier molecular flexibility index (Phi) is 6.24. The zero-order valence-corrected chi connectivity index (χ0v) is 14.9. The third kappa shape index (κ3) is 4.29. The summed E-state index contributed by atoms with van der Waals surface area (Å²) in [6, 6.07) is 5.43. The average Bonchev–Trinajstić information content (AvgIpc) is 2.48. The van der Waals surface area contributed by atoms with Crippen LogP contribution in [-0.4, -0.2) is 6.54 Å². The van der Waals surface area contributed by atoms with Crippen molar-refractivity contribution in [2.24, 2.45) is 17.8 Å². The first-order valence-corrected chi connectivity index (χ1v) is 9.00. The van der Waals surface area contributed by atoms with Gasteiger partial charge in [-0.1, -0.05) is 36.7 Å². The van der Waals surface area contributed by atoms with Gasteiger partial charge in [-0.05, 0) is 68.2 Å². The number of nitrogens with one attached hydrogen (secondary N) is 1. The fourth-order valence-electron chi connectivity index (χ4n) is 3.65. The molecule has 1 saturated carbocycles. The quantitative estimate of drug-likeness (QED) is 0.713. The van der Waals surface area contributed by atoms with Crippen molar-refractivity contribution in [1.29, 1.82) is 0 Å². The summed E-state index contributed by atoms with van der Waals surface area (Å²) in [5, 5.41) is 3.52. The van der Waals surface area contributed by atoms with Crippen molar-refractivity contribution >= 4 is 15.9 Å². The summed E-state index contributed by atoms with van der Waals surface area (Å²) < 4.78 is 15.2. The summed E-state index contributed by atoms with van der Waals surface area (Å²) in [5.74, 6) is 2.07. The van der Waals surface area contributed by atoms with Crippen LogP contribution < -0.4 is 5.32 Å². The molecule has 1 unspecified atom stereocenters. The molecule has 2 rings (SSSR count). The van der Waals surface area contributed by atoms with Crippen LogP contribution in [0.3, 0.4) is 0 Å². The smallest absolute Gasteiger partial charge is 0.128 e. The Bertz CT molecular complexity index is 453. The largest absolute Gasteiger partial charge is 0.310 e. The van der Waals surface area contributed by atoms with E-state index >= 15 is 0 Å². The molecular formula is C18H27BrFN. The van der Waals surface area contributed by atoms with Crippen LogP contribution in [0.15, 0.2) is 22.7 Å². The lowest BCUT2D eigenvalue weighted by Crippen LogP contribution is -2.32. The molecule has 1 aliphatic carbocycles. The van der Waals surface area contributed by atoms with Crippen molar-refractivity contribution in [1.82, 2.24) is 5.32 Å². The highest BCUT2D eigenvalue weighted by Gasteiger charge is 2.30. The standard InChI is InChI=1S/C18H27BrFN/c1-4-21-18(16-11-15(19)9-10-17(16)20)14-7-5-13(6-8-14)12(2)3/h9-14,18,21H,4-8H2,1-3H3. The van der Waals surface area contributed by atoms with E-state index in [-0.39, 0.29) is 11.9 Å². The monoisotopic (exact) mass is 355 g/mol. The van der Waals surface area contributed by atoms with Gasteiger partial charge in [0.1, 0.15) is 5.82 Å². The summed E-state index contributed by atoms with van der Waals surface area (Å²) in [4.78, 5) is 0. The van der Waals surface area contributed by atoms with E-state index in [1.807, 2.05) is 6.07 Å². The summed E-state index contributed by atoms with van der Waals surface area (Å²) in [6.45, 7) is 7.62. The first kappa shape index (κ1) is 17.0. The molecule has 1 aromatic carbocycles. The minimum atomic E-state index is -0.0878. The highest BCUT2D eigenvalue weighted by Crippen LogP contribution is 2.40. The molecule has 1 atom stereocenters. The molecule has 0 amide bonds. The number of rotatable bonds is 5. The minimum Gasteiger partial charge on any atom is -0.310 e. The van der Waals surface area contributed by atoms with Crippen LogP contribution in [0.4, 0.5) is 4.39 Å². The first-order chi connectivity index (χ1) is 10.0. The molecule has 1 aromatic rings. The topological polar surface area (TPSA) is 12.0 Å². The van der Waals surface area contributed by atoms with Gasteiger partial charge < -0.3 is 5.32 Å². The van der Waals surface area contributed by atoms with E-state index in [4.69, 9.17) is 0 Å². The molecule has 0 heterocycles. The number of benzene rings is 1.